The van der Waals surface area contributed by atoms with Gasteiger partial charge in [-0.15, -0.1) is 0 Å². The summed E-state index contributed by atoms with van der Waals surface area (Å²) < 4.78 is 0. The maximum Gasteiger partial charge on any atom is 0.174 e. The maximum atomic E-state index is 2.39. The van der Waals surface area contributed by atoms with Crippen molar-refractivity contribution < 1.29 is 126 Å². The van der Waals surface area contributed by atoms with Crippen molar-refractivity contribution in [2.45, 2.75) is 347 Å². The minimum absolute atomic E-state index is 0. The van der Waals surface area contributed by atoms with E-state index in [9.17, 15) is 0 Å². The predicted octanol–water partition coefficient (Wildman–Crippen LogP) is 37.0. The van der Waals surface area contributed by atoms with Crippen LogP contribution >= 0.6 is 95.1 Å². The number of hydrogen-bond donors (Lipinski definition) is 0. The van der Waals surface area contributed by atoms with Crippen LogP contribution in [0.25, 0.3) is 0 Å². The van der Waals surface area contributed by atoms with E-state index in [1.54, 1.807) is 269 Å². The molecule has 0 N–H and O–H groups in total. The summed E-state index contributed by atoms with van der Waals surface area (Å²) in [6, 6.07) is 88.9. The first-order valence-electron chi connectivity index (χ1n) is 50.4. The number of rotatable bonds is 28. The van der Waals surface area contributed by atoms with E-state index in [1.807, 2.05) is 11.8 Å². The van der Waals surface area contributed by atoms with Crippen molar-refractivity contribution >= 4 is 137 Å². The van der Waals surface area contributed by atoms with E-state index in [0.29, 0.717) is 0 Å². The predicted molar refractivity (Wildman–Crippen MR) is 679 cm³/mol. The third-order valence-electron chi connectivity index (χ3n) is 29.0. The van der Waals surface area contributed by atoms with Crippen LogP contribution in [-0.2, 0) is 126 Å². The van der Waals surface area contributed by atoms with Gasteiger partial charge in [-0.25, -0.2) is 0 Å². The Kier molecular flexibility index (Phi) is 107. The van der Waals surface area contributed by atoms with Crippen molar-refractivity contribution in [3.8, 4) is 0 Å². The fraction of sp³-hybridized carbons (Fsp3) is 0.557. The van der Waals surface area contributed by atoms with Gasteiger partial charge in [-0.3, -0.25) is 0 Å². The van der Waals surface area contributed by atoms with E-state index in [0.717, 1.165) is 0 Å². The molecule has 8 fully saturated rings. The Labute approximate surface area is 975 Å². The van der Waals surface area contributed by atoms with E-state index >= 15 is 0 Å². The molecule has 0 aliphatic heterocycles. The van der Waals surface area contributed by atoms with Crippen LogP contribution in [0.3, 0.4) is 0 Å². The molecule has 140 heavy (non-hydrogen) atoms. The SMILES string of the molecule is C.C.C.C.C.C.C1CCC([PH+](C[PH+](C2CCCCC2)C2CCCCC2)C2CCCCC2)CC1.C1CCC([PH+](C[PH+](C2CCCCC2)C2CCCCC2)C2CCCCC2)CC1.C[PH+](C)C[PH+](C)C.C[PH+](C)C[PH+](C)C.[CH3-].[CH3-].[CH3-].[CH3-].[CH3-].[CH3-].[Pt].[Pt].[Pt].[Pt].[Pt].[Pt].c1ccc([PH+](C[PH+](c2ccccc2)c2ccccc2)c2ccccc2)cc1.c1ccc([PH+](C[PH+](c2ccccc2)c2ccccc2)c2ccccc2)cc1. The molecule has 8 aliphatic carbocycles. The molecule has 18 heteroatoms. The molecule has 0 unspecified atom stereocenters. The van der Waals surface area contributed by atoms with E-state index in [2.05, 4.69) is 296 Å². The smallest absolute Gasteiger partial charge is 0.174 e. The summed E-state index contributed by atoms with van der Waals surface area (Å²) in [4.78, 5) is 0. The topological polar surface area (TPSA) is 0 Å². The average molecular weight is 3230 g/mol. The Morgan fingerprint density at radius 3 is 0.336 bits per heavy atom. The fourth-order valence-electron chi connectivity index (χ4n) is 23.1. The second-order valence-electron chi connectivity index (χ2n) is 39.7. The molecule has 8 aliphatic rings. The van der Waals surface area contributed by atoms with Crippen LogP contribution in [0.15, 0.2) is 243 Å². The molecule has 0 spiro atoms. The van der Waals surface area contributed by atoms with Gasteiger partial charge in [0.15, 0.2) is 35.4 Å². The van der Waals surface area contributed by atoms with Gasteiger partial charge >= 0.3 is 0 Å². The Balaban J connectivity index is -0.000000253. The van der Waals surface area contributed by atoms with Gasteiger partial charge in [-0.05, 0) is 303 Å². The second kappa shape index (κ2) is 94.4. The summed E-state index contributed by atoms with van der Waals surface area (Å²) in [5, 5.41) is 12.0. The monoisotopic (exact) mass is 3230 g/mol. The third-order valence-corrected chi connectivity index (χ3v) is 73.7. The van der Waals surface area contributed by atoms with Crippen molar-refractivity contribution in [1.82, 2.24) is 0 Å². The molecular weight excluding hydrogens is 3010 g/mol. The normalized spacial score (nSPS) is 16.3. The van der Waals surface area contributed by atoms with Crippen LogP contribution in [-0.4, -0.2) is 134 Å². The van der Waals surface area contributed by atoms with E-state index in [1.165, 1.54) is 99.5 Å². The molecule has 0 nitrogen and oxygen atoms in total. The summed E-state index contributed by atoms with van der Waals surface area (Å²) in [7, 11) is -3.33. The van der Waals surface area contributed by atoms with Crippen molar-refractivity contribution in [1.29, 1.82) is 0 Å². The van der Waals surface area contributed by atoms with Crippen LogP contribution < -0.4 is 42.4 Å². The van der Waals surface area contributed by atoms with Gasteiger partial charge in [0.25, 0.3) is 0 Å². The first kappa shape index (κ1) is 158. The Hall–Kier alpha value is 3.05. The molecule has 0 radical (unpaired) electrons. The minimum Gasteiger partial charge on any atom is -0.358 e. The van der Waals surface area contributed by atoms with Gasteiger partial charge in [0.2, 0.25) is 0 Å². The van der Waals surface area contributed by atoms with Gasteiger partial charge in [-0.1, -0.05) is 242 Å². The molecule has 8 aromatic carbocycles. The molecule has 8 saturated carbocycles. The molecule has 0 saturated heterocycles. The largest absolute Gasteiger partial charge is 0.358 e. The number of benzene rings is 8. The summed E-state index contributed by atoms with van der Waals surface area (Å²) in [5.41, 5.74) is 9.88. The van der Waals surface area contributed by atoms with E-state index in [-0.39, 0.29) is 279 Å². The quantitative estimate of drug-likeness (QED) is 0.0339. The van der Waals surface area contributed by atoms with E-state index < -0.39 is 31.7 Å². The summed E-state index contributed by atoms with van der Waals surface area (Å²) >= 11 is 0. The molecule has 16 rings (SSSR count). The summed E-state index contributed by atoms with van der Waals surface area (Å²) in [5.74, 6) is 9.35. The molecule has 0 heterocycles. The fourth-order valence-corrected chi connectivity index (χ4v) is 74.8. The Morgan fingerprint density at radius 2 is 0.250 bits per heavy atom. The number of hydrogen-bond acceptors (Lipinski definition) is 0. The first-order chi connectivity index (χ1) is 59.9. The Morgan fingerprint density at radius 1 is 0.150 bits per heavy atom. The molecule has 0 bridgehead atoms. The Bertz CT molecular complexity index is 3170. The van der Waals surface area contributed by atoms with Gasteiger partial charge in [0.1, 0.15) is 74.1 Å². The van der Waals surface area contributed by atoms with Gasteiger partial charge in [-0.2, -0.15) is 0 Å². The first-order valence-corrected chi connectivity index (χ1v) is 75.5. The van der Waals surface area contributed by atoms with Crippen LogP contribution in [0, 0.1) is 44.6 Å². The average Bonchev–Trinajstić information content (AvgIpc) is 0.826. The van der Waals surface area contributed by atoms with Crippen LogP contribution in [0.1, 0.15) is 301 Å². The zero-order valence-corrected chi connectivity index (χ0v) is 112. The van der Waals surface area contributed by atoms with Crippen LogP contribution in [0.5, 0.6) is 0 Å². The molecule has 0 amide bonds. The molecular formula is C122H218P12Pt6+6. The molecule has 0 aromatic heterocycles. The summed E-state index contributed by atoms with van der Waals surface area (Å²) in [6.45, 7) is 19.1. The van der Waals surface area contributed by atoms with E-state index in [4.69, 9.17) is 0 Å². The summed E-state index contributed by atoms with van der Waals surface area (Å²) in [6.07, 6.45) is 64.1. The molecule has 0 atom stereocenters. The second-order valence-corrected chi connectivity index (χ2v) is 77.4. The van der Waals surface area contributed by atoms with Crippen molar-refractivity contribution in [2.24, 2.45) is 0 Å². The van der Waals surface area contributed by atoms with Crippen LogP contribution in [0.4, 0.5) is 0 Å². The van der Waals surface area contributed by atoms with Crippen molar-refractivity contribution in [2.75, 3.05) is 88.7 Å². The zero-order chi connectivity index (χ0) is 85.0. The minimum atomic E-state index is -0.847. The van der Waals surface area contributed by atoms with Crippen molar-refractivity contribution in [3.63, 3.8) is 0 Å². The maximum absolute atomic E-state index is 2.39. The van der Waals surface area contributed by atoms with Gasteiger partial charge < -0.3 is 44.6 Å². The van der Waals surface area contributed by atoms with Gasteiger partial charge in [0, 0.05) is 243 Å². The van der Waals surface area contributed by atoms with Gasteiger partial charge in [0.05, 0.1) is 45.3 Å². The standard InChI is InChI=1S/2C25H46P2.2C25H22P2.2C5H14P2.6CH4.6CH3.6Pt/c4*1-5-13-22(14-6-1)26(23-15-7-2-8-16-23)21-27(24-17-9-3-10-18-24)25-19-11-4-12-20-25;2*1-6(2)5-7(3)4;;;;;;;;;;;;;;;;;;/h2*22-25H,1-21H2;2*1-20H,21H2;2*5H2,1-4H3;6*1H4;6*1H3;;;;;;/q;;;;;;;;;;;;6*-1;;;;;;/p+12. The third kappa shape index (κ3) is 57.7. The van der Waals surface area contributed by atoms with Crippen molar-refractivity contribution in [3.05, 3.63) is 287 Å². The zero-order valence-electron chi connectivity index (χ0n) is 86.1. The molecule has 8 aromatic rings. The van der Waals surface area contributed by atoms with Crippen LogP contribution in [0.2, 0.25) is 0 Å². The molecule has 820 valence electrons.